The molecule has 3 nitrogen and oxygen atoms in total. The van der Waals surface area contributed by atoms with Crippen molar-refractivity contribution in [3.63, 3.8) is 0 Å². The average Bonchev–Trinajstić information content (AvgIpc) is 3.12. The molecule has 0 saturated heterocycles. The normalized spacial score (nSPS) is 19.3. The van der Waals surface area contributed by atoms with Crippen LogP contribution in [0, 0.1) is 5.82 Å². The third-order valence-electron chi connectivity index (χ3n) is 5.93. The van der Waals surface area contributed by atoms with E-state index in [1.807, 2.05) is 6.07 Å². The van der Waals surface area contributed by atoms with Gasteiger partial charge in [-0.25, -0.2) is 9.37 Å². The van der Waals surface area contributed by atoms with E-state index in [0.29, 0.717) is 22.5 Å². The van der Waals surface area contributed by atoms with Gasteiger partial charge in [-0.2, -0.15) is 0 Å². The van der Waals surface area contributed by atoms with E-state index in [-0.39, 0.29) is 5.82 Å². The van der Waals surface area contributed by atoms with E-state index in [9.17, 15) is 4.39 Å². The molecule has 6 heteroatoms. The van der Waals surface area contributed by atoms with Gasteiger partial charge in [0.25, 0.3) is 0 Å². The highest BCUT2D eigenvalue weighted by atomic mass is 35.5. The maximum Gasteiger partial charge on any atom is 0.139 e. The van der Waals surface area contributed by atoms with E-state index in [0.717, 1.165) is 55.2 Å². The van der Waals surface area contributed by atoms with Gasteiger partial charge in [0.1, 0.15) is 11.6 Å². The maximum atomic E-state index is 13.7. The van der Waals surface area contributed by atoms with Gasteiger partial charge in [0.05, 0.1) is 16.4 Å². The van der Waals surface area contributed by atoms with Crippen molar-refractivity contribution in [1.29, 1.82) is 0 Å². The van der Waals surface area contributed by atoms with Crippen LogP contribution in [-0.2, 0) is 25.8 Å². The summed E-state index contributed by atoms with van der Waals surface area (Å²) in [6, 6.07) is 11.1. The second kappa shape index (κ2) is 7.18. The summed E-state index contributed by atoms with van der Waals surface area (Å²) >= 11 is 12.5. The number of hydrogen-bond acceptors (Lipinski definition) is 2. The van der Waals surface area contributed by atoms with Crippen LogP contribution in [0.5, 0.6) is 0 Å². The molecule has 2 aromatic carbocycles. The third-order valence-corrected chi connectivity index (χ3v) is 6.50. The molecule has 1 aliphatic carbocycles. The summed E-state index contributed by atoms with van der Waals surface area (Å²) in [6.07, 6.45) is 4.16. The van der Waals surface area contributed by atoms with E-state index in [1.54, 1.807) is 6.07 Å². The third kappa shape index (κ3) is 3.34. The fraction of sp³-hybridized carbons (Fsp3) is 0.318. The van der Waals surface area contributed by atoms with Crippen molar-refractivity contribution in [2.24, 2.45) is 0 Å². The van der Waals surface area contributed by atoms with Crippen molar-refractivity contribution >= 4 is 23.2 Å². The van der Waals surface area contributed by atoms with E-state index in [4.69, 9.17) is 28.2 Å². The summed E-state index contributed by atoms with van der Waals surface area (Å²) in [5, 5.41) is 1.32. The number of aromatic nitrogens is 2. The van der Waals surface area contributed by atoms with Crippen LogP contribution in [-0.4, -0.2) is 27.5 Å². The van der Waals surface area contributed by atoms with E-state index >= 15 is 0 Å². The zero-order chi connectivity index (χ0) is 19.3. The number of H-pyrrole nitrogens is 1. The van der Waals surface area contributed by atoms with Crippen molar-refractivity contribution in [3.05, 3.63) is 74.8 Å². The molecule has 28 heavy (non-hydrogen) atoms. The zero-order valence-corrected chi connectivity index (χ0v) is 16.8. The SMILES string of the molecule is Fc1ccc(Cl)c(-c2nc3c([nH]2)CN(C2CCc4ccc(Cl)cc4C2)CC3)c1. The number of nitrogens with one attached hydrogen (secondary N) is 1. The van der Waals surface area contributed by atoms with Gasteiger partial charge >= 0.3 is 0 Å². The number of imidazole rings is 1. The van der Waals surface area contributed by atoms with Crippen LogP contribution in [0.1, 0.15) is 28.9 Å². The molecule has 1 aromatic heterocycles. The standard InChI is InChI=1S/C22H20Cl2FN3/c23-15-3-1-13-2-5-17(10-14(13)9-15)28-8-7-20-21(12-28)27-22(26-20)18-11-16(25)4-6-19(18)24/h1,3-4,6,9,11,17H,2,5,7-8,10,12H2,(H,26,27). The average molecular weight is 416 g/mol. The van der Waals surface area contributed by atoms with Crippen LogP contribution in [0.2, 0.25) is 10.0 Å². The number of aromatic amines is 1. The second-order valence-corrected chi connectivity index (χ2v) is 8.51. The maximum absolute atomic E-state index is 13.7. The van der Waals surface area contributed by atoms with Gasteiger partial charge < -0.3 is 4.98 Å². The summed E-state index contributed by atoms with van der Waals surface area (Å²) in [4.78, 5) is 10.6. The monoisotopic (exact) mass is 415 g/mol. The molecule has 1 N–H and O–H groups in total. The smallest absolute Gasteiger partial charge is 0.139 e. The number of benzene rings is 2. The fourth-order valence-electron chi connectivity index (χ4n) is 4.45. The molecule has 2 aliphatic rings. The Morgan fingerprint density at radius 3 is 2.86 bits per heavy atom. The zero-order valence-electron chi connectivity index (χ0n) is 15.3. The number of nitrogens with zero attached hydrogens (tertiary/aromatic N) is 2. The Morgan fingerprint density at radius 2 is 1.96 bits per heavy atom. The van der Waals surface area contributed by atoms with Crippen LogP contribution in [0.25, 0.3) is 11.4 Å². The Hall–Kier alpha value is -1.88. The topological polar surface area (TPSA) is 31.9 Å². The Morgan fingerprint density at radius 1 is 1.07 bits per heavy atom. The van der Waals surface area contributed by atoms with E-state index in [2.05, 4.69) is 22.0 Å². The van der Waals surface area contributed by atoms with E-state index < -0.39 is 0 Å². The summed E-state index contributed by atoms with van der Waals surface area (Å²) < 4.78 is 13.7. The number of rotatable bonds is 2. The Kier molecular flexibility index (Phi) is 4.66. The van der Waals surface area contributed by atoms with Gasteiger partial charge in [-0.1, -0.05) is 29.3 Å². The first-order valence-electron chi connectivity index (χ1n) is 9.61. The van der Waals surface area contributed by atoms with Crippen LogP contribution in [0.15, 0.2) is 36.4 Å². The highest BCUT2D eigenvalue weighted by Crippen LogP contribution is 2.32. The first-order valence-corrected chi connectivity index (χ1v) is 10.4. The summed E-state index contributed by atoms with van der Waals surface area (Å²) in [5.41, 5.74) is 5.57. The molecule has 0 saturated carbocycles. The summed E-state index contributed by atoms with van der Waals surface area (Å²) in [5.74, 6) is 0.340. The van der Waals surface area contributed by atoms with Crippen LogP contribution < -0.4 is 0 Å². The molecule has 0 fully saturated rings. The quantitative estimate of drug-likeness (QED) is 0.604. The Labute approximate surface area is 173 Å². The highest BCUT2D eigenvalue weighted by molar-refractivity contribution is 6.33. The predicted octanol–water partition coefficient (Wildman–Crippen LogP) is 5.44. The molecule has 1 unspecified atom stereocenters. The first kappa shape index (κ1) is 18.2. The molecular formula is C22H20Cl2FN3. The Bertz CT molecular complexity index is 1050. The molecule has 1 aliphatic heterocycles. The molecule has 0 spiro atoms. The highest BCUT2D eigenvalue weighted by Gasteiger charge is 2.29. The molecule has 0 radical (unpaired) electrons. The lowest BCUT2D eigenvalue weighted by molar-refractivity contribution is 0.160. The molecule has 2 heterocycles. The first-order chi connectivity index (χ1) is 13.6. The number of fused-ring (bicyclic) bond motifs is 2. The molecular weight excluding hydrogens is 396 g/mol. The predicted molar refractivity (Wildman–Crippen MR) is 110 cm³/mol. The Balaban J connectivity index is 1.37. The largest absolute Gasteiger partial charge is 0.340 e. The van der Waals surface area contributed by atoms with Crippen molar-refractivity contribution in [2.45, 2.75) is 38.3 Å². The minimum atomic E-state index is -0.310. The molecule has 144 valence electrons. The van der Waals surface area contributed by atoms with Gasteiger partial charge in [0, 0.05) is 36.1 Å². The van der Waals surface area contributed by atoms with Crippen LogP contribution >= 0.6 is 23.2 Å². The molecule has 1 atom stereocenters. The molecule has 5 rings (SSSR count). The van der Waals surface area contributed by atoms with Gasteiger partial charge in [-0.05, 0) is 60.7 Å². The van der Waals surface area contributed by atoms with Crippen molar-refractivity contribution in [3.8, 4) is 11.4 Å². The van der Waals surface area contributed by atoms with Crippen LogP contribution in [0.4, 0.5) is 4.39 Å². The lowest BCUT2D eigenvalue weighted by Crippen LogP contribution is -2.42. The van der Waals surface area contributed by atoms with Gasteiger partial charge in [-0.15, -0.1) is 0 Å². The lowest BCUT2D eigenvalue weighted by Gasteiger charge is -2.37. The number of hydrogen-bond donors (Lipinski definition) is 1. The minimum Gasteiger partial charge on any atom is -0.340 e. The fourth-order valence-corrected chi connectivity index (χ4v) is 4.85. The molecule has 0 amide bonds. The minimum absolute atomic E-state index is 0.310. The van der Waals surface area contributed by atoms with Gasteiger partial charge in [0.15, 0.2) is 0 Å². The number of aryl methyl sites for hydroxylation is 1. The lowest BCUT2D eigenvalue weighted by atomic mass is 9.87. The van der Waals surface area contributed by atoms with Crippen molar-refractivity contribution < 1.29 is 4.39 Å². The van der Waals surface area contributed by atoms with Crippen molar-refractivity contribution in [2.75, 3.05) is 6.54 Å². The molecule has 3 aromatic rings. The van der Waals surface area contributed by atoms with Crippen LogP contribution in [0.3, 0.4) is 0 Å². The van der Waals surface area contributed by atoms with Gasteiger partial charge in [0.2, 0.25) is 0 Å². The number of halogens is 3. The summed E-state index contributed by atoms with van der Waals surface area (Å²) in [7, 11) is 0. The van der Waals surface area contributed by atoms with Gasteiger partial charge in [-0.3, -0.25) is 4.90 Å². The van der Waals surface area contributed by atoms with E-state index in [1.165, 1.54) is 23.3 Å². The second-order valence-electron chi connectivity index (χ2n) is 7.66. The van der Waals surface area contributed by atoms with Crippen molar-refractivity contribution in [1.82, 2.24) is 14.9 Å². The molecule has 0 bridgehead atoms. The summed E-state index contributed by atoms with van der Waals surface area (Å²) in [6.45, 7) is 1.81.